The molecule has 0 fully saturated rings. The second-order valence-corrected chi connectivity index (χ2v) is 5.20. The quantitative estimate of drug-likeness (QED) is 0.700. The van der Waals surface area contributed by atoms with Crippen molar-refractivity contribution >= 4 is 5.97 Å². The Morgan fingerprint density at radius 1 is 1.30 bits per heavy atom. The van der Waals surface area contributed by atoms with Gasteiger partial charge in [0, 0.05) is 0 Å². The maximum absolute atomic E-state index is 11.4. The van der Waals surface area contributed by atoms with Crippen molar-refractivity contribution in [2.45, 2.75) is 59.0 Å². The molecule has 0 amide bonds. The van der Waals surface area contributed by atoms with Crippen LogP contribution in [0.3, 0.4) is 0 Å². The van der Waals surface area contributed by atoms with Crippen LogP contribution in [-0.4, -0.2) is 19.2 Å². The maximum Gasteiger partial charge on any atom is 0.346 e. The average Bonchev–Trinajstić information content (AvgIpc) is 2.46. The highest BCUT2D eigenvalue weighted by Gasteiger charge is 2.17. The van der Waals surface area contributed by atoms with Gasteiger partial charge in [0.25, 0.3) is 0 Å². The molecule has 0 saturated heterocycles. The van der Waals surface area contributed by atoms with Crippen molar-refractivity contribution < 1.29 is 14.3 Å². The Kier molecular flexibility index (Phi) is 6.56. The van der Waals surface area contributed by atoms with Gasteiger partial charge in [-0.3, -0.25) is 0 Å². The van der Waals surface area contributed by atoms with Crippen LogP contribution in [0, 0.1) is 6.92 Å². The predicted molar refractivity (Wildman–Crippen MR) is 81.2 cm³/mol. The summed E-state index contributed by atoms with van der Waals surface area (Å²) in [6.45, 7) is 8.25. The molecule has 0 spiro atoms. The number of benzene rings is 1. The van der Waals surface area contributed by atoms with E-state index >= 15 is 0 Å². The molecule has 1 aromatic carbocycles. The van der Waals surface area contributed by atoms with E-state index in [4.69, 9.17) is 4.74 Å². The predicted octanol–water partition coefficient (Wildman–Crippen LogP) is 4.23. The Hall–Kier alpha value is -1.51. The van der Waals surface area contributed by atoms with E-state index in [9.17, 15) is 4.79 Å². The van der Waals surface area contributed by atoms with E-state index in [1.54, 1.807) is 6.92 Å². The van der Waals surface area contributed by atoms with Gasteiger partial charge in [-0.15, -0.1) is 0 Å². The summed E-state index contributed by atoms with van der Waals surface area (Å²) < 4.78 is 10.3. The standard InChI is InChI=1S/C17H26O3/c1-6-8-14(7-2)16-11-15(10-9-12(16)3)20-13(4)17(18)19-5/h9-11,13-14H,6-8H2,1-5H3. The Morgan fingerprint density at radius 2 is 2.00 bits per heavy atom. The van der Waals surface area contributed by atoms with Crippen molar-refractivity contribution in [3.05, 3.63) is 29.3 Å². The van der Waals surface area contributed by atoms with Crippen LogP contribution in [0.4, 0.5) is 0 Å². The number of methoxy groups -OCH3 is 1. The zero-order chi connectivity index (χ0) is 15.1. The Balaban J connectivity index is 2.93. The lowest BCUT2D eigenvalue weighted by atomic mass is 9.89. The van der Waals surface area contributed by atoms with Crippen molar-refractivity contribution in [3.8, 4) is 5.75 Å². The van der Waals surface area contributed by atoms with E-state index in [-0.39, 0.29) is 5.97 Å². The normalized spacial score (nSPS) is 13.7. The third-order valence-corrected chi connectivity index (χ3v) is 3.67. The van der Waals surface area contributed by atoms with Gasteiger partial charge in [0.1, 0.15) is 5.75 Å². The van der Waals surface area contributed by atoms with Crippen LogP contribution in [-0.2, 0) is 9.53 Å². The summed E-state index contributed by atoms with van der Waals surface area (Å²) in [5, 5.41) is 0. The number of aryl methyl sites for hydroxylation is 1. The molecule has 1 rings (SSSR count). The third-order valence-electron chi connectivity index (χ3n) is 3.67. The molecule has 2 unspecified atom stereocenters. The topological polar surface area (TPSA) is 35.5 Å². The number of rotatable bonds is 7. The number of hydrogen-bond acceptors (Lipinski definition) is 3. The first-order valence-corrected chi connectivity index (χ1v) is 7.38. The van der Waals surface area contributed by atoms with Crippen LogP contribution in [0.2, 0.25) is 0 Å². The smallest absolute Gasteiger partial charge is 0.346 e. The van der Waals surface area contributed by atoms with Crippen LogP contribution < -0.4 is 4.74 Å². The van der Waals surface area contributed by atoms with E-state index in [0.717, 1.165) is 12.2 Å². The van der Waals surface area contributed by atoms with Crippen LogP contribution in [0.15, 0.2) is 18.2 Å². The van der Waals surface area contributed by atoms with Crippen LogP contribution in [0.1, 0.15) is 57.1 Å². The van der Waals surface area contributed by atoms with Crippen LogP contribution >= 0.6 is 0 Å². The van der Waals surface area contributed by atoms with Gasteiger partial charge in [0.05, 0.1) is 7.11 Å². The molecule has 3 heteroatoms. The van der Waals surface area contributed by atoms with Gasteiger partial charge >= 0.3 is 5.97 Å². The summed E-state index contributed by atoms with van der Waals surface area (Å²) in [6, 6.07) is 6.04. The summed E-state index contributed by atoms with van der Waals surface area (Å²) in [6.07, 6.45) is 2.88. The van der Waals surface area contributed by atoms with Gasteiger partial charge in [-0.05, 0) is 55.9 Å². The summed E-state index contributed by atoms with van der Waals surface area (Å²) in [5.74, 6) is 0.933. The van der Waals surface area contributed by atoms with E-state index in [0.29, 0.717) is 5.92 Å². The number of esters is 1. The first kappa shape index (κ1) is 16.5. The SMILES string of the molecule is CCCC(CC)c1cc(OC(C)C(=O)OC)ccc1C. The summed E-state index contributed by atoms with van der Waals surface area (Å²) in [5.41, 5.74) is 2.60. The molecule has 0 N–H and O–H groups in total. The van der Waals surface area contributed by atoms with Gasteiger partial charge < -0.3 is 9.47 Å². The fraction of sp³-hybridized carbons (Fsp3) is 0.588. The fourth-order valence-electron chi connectivity index (χ4n) is 2.48. The highest BCUT2D eigenvalue weighted by atomic mass is 16.6. The van der Waals surface area contributed by atoms with Crippen molar-refractivity contribution in [3.63, 3.8) is 0 Å². The minimum absolute atomic E-state index is 0.354. The van der Waals surface area contributed by atoms with E-state index in [2.05, 4.69) is 37.6 Å². The molecule has 0 aliphatic heterocycles. The van der Waals surface area contributed by atoms with Gasteiger partial charge in [-0.1, -0.05) is 26.3 Å². The number of hydrogen-bond donors (Lipinski definition) is 0. The van der Waals surface area contributed by atoms with Gasteiger partial charge in [0.15, 0.2) is 6.10 Å². The lowest BCUT2D eigenvalue weighted by Gasteiger charge is -2.19. The minimum atomic E-state index is -0.582. The largest absolute Gasteiger partial charge is 0.479 e. The zero-order valence-corrected chi connectivity index (χ0v) is 13.2. The molecule has 0 bridgehead atoms. The van der Waals surface area contributed by atoms with Gasteiger partial charge in [-0.25, -0.2) is 4.79 Å². The molecule has 0 aromatic heterocycles. The molecule has 0 aliphatic carbocycles. The number of ether oxygens (including phenoxy) is 2. The highest BCUT2D eigenvalue weighted by molar-refractivity contribution is 5.74. The van der Waals surface area contributed by atoms with Crippen molar-refractivity contribution in [2.24, 2.45) is 0 Å². The second kappa shape index (κ2) is 7.93. The van der Waals surface area contributed by atoms with Gasteiger partial charge in [0.2, 0.25) is 0 Å². The maximum atomic E-state index is 11.4. The minimum Gasteiger partial charge on any atom is -0.479 e. The molecule has 0 saturated carbocycles. The van der Waals surface area contributed by atoms with Crippen LogP contribution in [0.25, 0.3) is 0 Å². The second-order valence-electron chi connectivity index (χ2n) is 5.20. The Labute approximate surface area is 122 Å². The van der Waals surface area contributed by atoms with E-state index in [1.807, 2.05) is 6.07 Å². The molecule has 2 atom stereocenters. The first-order valence-electron chi connectivity index (χ1n) is 7.38. The zero-order valence-electron chi connectivity index (χ0n) is 13.2. The molecule has 0 aliphatic rings. The number of carbonyl (C=O) groups excluding carboxylic acids is 1. The first-order chi connectivity index (χ1) is 9.53. The highest BCUT2D eigenvalue weighted by Crippen LogP contribution is 2.30. The van der Waals surface area contributed by atoms with E-state index < -0.39 is 6.10 Å². The summed E-state index contributed by atoms with van der Waals surface area (Å²) in [4.78, 5) is 11.4. The molecule has 20 heavy (non-hydrogen) atoms. The van der Waals surface area contributed by atoms with Crippen molar-refractivity contribution in [1.82, 2.24) is 0 Å². The molecule has 112 valence electrons. The van der Waals surface area contributed by atoms with Gasteiger partial charge in [-0.2, -0.15) is 0 Å². The molecule has 0 radical (unpaired) electrons. The van der Waals surface area contributed by atoms with Crippen molar-refractivity contribution in [2.75, 3.05) is 7.11 Å². The van der Waals surface area contributed by atoms with Crippen molar-refractivity contribution in [1.29, 1.82) is 0 Å². The third kappa shape index (κ3) is 4.26. The lowest BCUT2D eigenvalue weighted by molar-refractivity contribution is -0.147. The van der Waals surface area contributed by atoms with Crippen LogP contribution in [0.5, 0.6) is 5.75 Å². The molecular weight excluding hydrogens is 252 g/mol. The molecular formula is C17H26O3. The average molecular weight is 278 g/mol. The van der Waals surface area contributed by atoms with E-state index in [1.165, 1.54) is 31.1 Å². The number of carbonyl (C=O) groups is 1. The molecule has 0 heterocycles. The fourth-order valence-corrected chi connectivity index (χ4v) is 2.48. The molecule has 3 nitrogen and oxygen atoms in total. The molecule has 1 aromatic rings. The summed E-state index contributed by atoms with van der Waals surface area (Å²) >= 11 is 0. The Bertz CT molecular complexity index is 440. The Morgan fingerprint density at radius 3 is 2.55 bits per heavy atom. The summed E-state index contributed by atoms with van der Waals surface area (Å²) in [7, 11) is 1.37. The lowest BCUT2D eigenvalue weighted by Crippen LogP contribution is -2.25. The monoisotopic (exact) mass is 278 g/mol.